The predicted octanol–water partition coefficient (Wildman–Crippen LogP) is 7.92. The average Bonchev–Trinajstić information content (AvgIpc) is 3.08. The number of carbonyl (C=O) groups is 1. The van der Waals surface area contributed by atoms with Crippen LogP contribution >= 0.6 is 12.4 Å². The fourth-order valence-electron chi connectivity index (χ4n) is 6.89. The number of benzene rings is 4. The molecule has 1 heterocycles. The Morgan fingerprint density at radius 1 is 0.891 bits per heavy atom. The molecule has 4 aromatic carbocycles. The first-order valence-electron chi connectivity index (χ1n) is 16.0. The maximum absolute atomic E-state index is 13.2. The van der Waals surface area contributed by atoms with Gasteiger partial charge in [0.15, 0.2) is 11.5 Å². The lowest BCUT2D eigenvalue weighted by Gasteiger charge is -2.42. The third-order valence-corrected chi connectivity index (χ3v) is 9.47. The van der Waals surface area contributed by atoms with Gasteiger partial charge in [-0.1, -0.05) is 72.8 Å². The SMILES string of the molecule is COc1cc2c(cc1OC)C(C)(CCC(CCCNC(=O)CCc1ccc(F)cc1)(c1ccccc1)c1ccccc1)NCC2.Cl. The number of ether oxygens (including phenoxy) is 2. The first-order valence-corrected chi connectivity index (χ1v) is 16.0. The Morgan fingerprint density at radius 3 is 2.11 bits per heavy atom. The maximum atomic E-state index is 13.2. The van der Waals surface area contributed by atoms with E-state index in [2.05, 4.69) is 90.4 Å². The van der Waals surface area contributed by atoms with E-state index in [-0.39, 0.29) is 35.1 Å². The lowest BCUT2D eigenvalue weighted by atomic mass is 9.66. The van der Waals surface area contributed by atoms with E-state index in [9.17, 15) is 9.18 Å². The van der Waals surface area contributed by atoms with Gasteiger partial charge in [0.25, 0.3) is 0 Å². The molecule has 0 aromatic heterocycles. The van der Waals surface area contributed by atoms with Crippen LogP contribution in [-0.2, 0) is 28.6 Å². The van der Waals surface area contributed by atoms with Crippen LogP contribution in [0, 0.1) is 5.82 Å². The Balaban J connectivity index is 0.00000480. The summed E-state index contributed by atoms with van der Waals surface area (Å²) in [5.74, 6) is 1.27. The minimum atomic E-state index is -0.263. The smallest absolute Gasteiger partial charge is 0.220 e. The number of aryl methyl sites for hydroxylation is 1. The van der Waals surface area contributed by atoms with E-state index in [1.807, 2.05) is 0 Å². The monoisotopic (exact) mass is 644 g/mol. The molecular formula is C39H46ClFN2O3. The van der Waals surface area contributed by atoms with E-state index >= 15 is 0 Å². The van der Waals surface area contributed by atoms with E-state index in [1.165, 1.54) is 34.4 Å². The largest absolute Gasteiger partial charge is 0.493 e. The zero-order valence-electron chi connectivity index (χ0n) is 27.1. The van der Waals surface area contributed by atoms with Crippen molar-refractivity contribution in [1.29, 1.82) is 0 Å². The van der Waals surface area contributed by atoms with Crippen LogP contribution in [0.1, 0.15) is 66.8 Å². The van der Waals surface area contributed by atoms with Crippen molar-refractivity contribution < 1.29 is 18.7 Å². The van der Waals surface area contributed by atoms with Crippen LogP contribution < -0.4 is 20.1 Å². The first-order chi connectivity index (χ1) is 21.9. The number of fused-ring (bicyclic) bond motifs is 1. The molecule has 0 saturated carbocycles. The van der Waals surface area contributed by atoms with Gasteiger partial charge in [0.2, 0.25) is 5.91 Å². The summed E-state index contributed by atoms with van der Waals surface area (Å²) >= 11 is 0. The van der Waals surface area contributed by atoms with Gasteiger partial charge in [0.05, 0.1) is 14.2 Å². The Bertz CT molecular complexity index is 1510. The highest BCUT2D eigenvalue weighted by Crippen LogP contribution is 2.46. The van der Waals surface area contributed by atoms with Crippen LogP contribution in [0.5, 0.6) is 11.5 Å². The normalized spacial score (nSPS) is 15.7. The van der Waals surface area contributed by atoms with Crippen molar-refractivity contribution in [2.24, 2.45) is 0 Å². The van der Waals surface area contributed by atoms with Crippen molar-refractivity contribution in [3.63, 3.8) is 0 Å². The number of amides is 1. The topological polar surface area (TPSA) is 59.6 Å². The lowest BCUT2D eigenvalue weighted by Crippen LogP contribution is -2.46. The molecule has 0 spiro atoms. The van der Waals surface area contributed by atoms with E-state index < -0.39 is 0 Å². The Labute approximate surface area is 279 Å². The summed E-state index contributed by atoms with van der Waals surface area (Å²) in [6, 6.07) is 32.2. The van der Waals surface area contributed by atoms with Gasteiger partial charge in [-0.25, -0.2) is 4.39 Å². The molecule has 1 aliphatic rings. The molecule has 0 radical (unpaired) electrons. The molecule has 5 nitrogen and oxygen atoms in total. The minimum Gasteiger partial charge on any atom is -0.493 e. The fourth-order valence-corrected chi connectivity index (χ4v) is 6.89. The summed E-state index contributed by atoms with van der Waals surface area (Å²) in [5.41, 5.74) is 5.58. The maximum Gasteiger partial charge on any atom is 0.220 e. The zero-order chi connectivity index (χ0) is 31.7. The second-order valence-electron chi connectivity index (χ2n) is 12.3. The third kappa shape index (κ3) is 8.09. The van der Waals surface area contributed by atoms with Crippen LogP contribution in [0.25, 0.3) is 0 Å². The van der Waals surface area contributed by atoms with Gasteiger partial charge in [-0.2, -0.15) is 0 Å². The number of rotatable bonds is 14. The molecular weight excluding hydrogens is 599 g/mol. The van der Waals surface area contributed by atoms with Gasteiger partial charge in [-0.05, 0) is 97.5 Å². The molecule has 0 fully saturated rings. The van der Waals surface area contributed by atoms with Crippen LogP contribution in [0.15, 0.2) is 97.1 Å². The summed E-state index contributed by atoms with van der Waals surface area (Å²) in [6.45, 7) is 3.80. The zero-order valence-corrected chi connectivity index (χ0v) is 27.9. The second-order valence-corrected chi connectivity index (χ2v) is 12.3. The van der Waals surface area contributed by atoms with E-state index in [0.717, 1.165) is 55.7 Å². The van der Waals surface area contributed by atoms with Crippen LogP contribution in [0.4, 0.5) is 4.39 Å². The minimum absolute atomic E-state index is 0. The van der Waals surface area contributed by atoms with Gasteiger partial charge in [-0.3, -0.25) is 4.79 Å². The summed E-state index contributed by atoms with van der Waals surface area (Å²) in [6.07, 6.45) is 5.44. The van der Waals surface area contributed by atoms with E-state index in [0.29, 0.717) is 19.4 Å². The number of hydrogen-bond donors (Lipinski definition) is 2. The molecule has 1 amide bonds. The summed E-state index contributed by atoms with van der Waals surface area (Å²) in [5, 5.41) is 6.99. The van der Waals surface area contributed by atoms with Gasteiger partial charge >= 0.3 is 0 Å². The van der Waals surface area contributed by atoms with Crippen molar-refractivity contribution in [2.45, 2.75) is 62.8 Å². The summed E-state index contributed by atoms with van der Waals surface area (Å²) in [4.78, 5) is 12.7. The average molecular weight is 645 g/mol. The molecule has 0 aliphatic carbocycles. The van der Waals surface area contributed by atoms with Crippen LogP contribution in [0.3, 0.4) is 0 Å². The summed E-state index contributed by atoms with van der Waals surface area (Å²) in [7, 11) is 3.38. The van der Waals surface area contributed by atoms with Crippen molar-refractivity contribution >= 4 is 18.3 Å². The van der Waals surface area contributed by atoms with Crippen molar-refractivity contribution in [3.8, 4) is 11.5 Å². The molecule has 0 saturated heterocycles. The van der Waals surface area contributed by atoms with Crippen molar-refractivity contribution in [2.75, 3.05) is 27.3 Å². The number of hydrogen-bond acceptors (Lipinski definition) is 4. The molecule has 5 rings (SSSR count). The highest BCUT2D eigenvalue weighted by molar-refractivity contribution is 5.85. The molecule has 4 aromatic rings. The molecule has 244 valence electrons. The molecule has 2 N–H and O–H groups in total. The number of carbonyl (C=O) groups excluding carboxylic acids is 1. The first kappa shape index (κ1) is 35.0. The van der Waals surface area contributed by atoms with Gasteiger partial charge < -0.3 is 20.1 Å². The highest BCUT2D eigenvalue weighted by Gasteiger charge is 2.39. The Kier molecular flexibility index (Phi) is 12.3. The van der Waals surface area contributed by atoms with Gasteiger partial charge in [-0.15, -0.1) is 12.4 Å². The van der Waals surface area contributed by atoms with Gasteiger partial charge in [0.1, 0.15) is 5.82 Å². The number of methoxy groups -OCH3 is 2. The molecule has 1 atom stereocenters. The second kappa shape index (κ2) is 16.1. The van der Waals surface area contributed by atoms with Crippen LogP contribution in [0.2, 0.25) is 0 Å². The predicted molar refractivity (Wildman–Crippen MR) is 186 cm³/mol. The Morgan fingerprint density at radius 2 is 1.50 bits per heavy atom. The van der Waals surface area contributed by atoms with Gasteiger partial charge in [0, 0.05) is 30.5 Å². The number of nitrogens with one attached hydrogen (secondary N) is 2. The quantitative estimate of drug-likeness (QED) is 0.137. The number of halogens is 2. The molecule has 7 heteroatoms. The Hall–Kier alpha value is -3.87. The summed E-state index contributed by atoms with van der Waals surface area (Å²) < 4.78 is 24.6. The van der Waals surface area contributed by atoms with E-state index in [4.69, 9.17) is 9.47 Å². The fraction of sp³-hybridized carbons (Fsp3) is 0.359. The van der Waals surface area contributed by atoms with E-state index in [1.54, 1.807) is 26.4 Å². The molecule has 46 heavy (non-hydrogen) atoms. The molecule has 0 bridgehead atoms. The standard InChI is InChI=1S/C39H45FN2O3.ClH/c1-38(34-28-36(45-3)35(44-2)27-30(34)21-26-42-38)23-24-39(31-11-6-4-7-12-31,32-13-8-5-9-14-32)22-10-25-41-37(43)20-17-29-15-18-33(40)19-16-29;/h4-9,11-16,18-19,27-28,42H,10,17,20-26H2,1-3H3,(H,41,43);1H. The molecule has 1 aliphatic heterocycles. The lowest BCUT2D eigenvalue weighted by molar-refractivity contribution is -0.121. The van der Waals surface area contributed by atoms with Crippen molar-refractivity contribution in [1.82, 2.24) is 10.6 Å². The van der Waals surface area contributed by atoms with Crippen molar-refractivity contribution in [3.05, 3.63) is 131 Å². The molecule has 1 unspecified atom stereocenters. The third-order valence-electron chi connectivity index (χ3n) is 9.47. The van der Waals surface area contributed by atoms with Crippen LogP contribution in [-0.4, -0.2) is 33.2 Å². The highest BCUT2D eigenvalue weighted by atomic mass is 35.5.